The minimum absolute atomic E-state index is 0. The molecule has 1 nitrogen and oxygen atoms in total. The monoisotopic (exact) mass is 95.1 g/mol. The van der Waals surface area contributed by atoms with Gasteiger partial charge in [0.05, 0.1) is 0 Å². The van der Waals surface area contributed by atoms with Crippen molar-refractivity contribution in [2.75, 3.05) is 0 Å². The molecule has 3 N–H and O–H groups in total. The lowest BCUT2D eigenvalue weighted by Gasteiger charge is -0.344. The van der Waals surface area contributed by atoms with Gasteiger partial charge in [-0.3, -0.25) is 0 Å². The lowest BCUT2D eigenvalue weighted by Crippen LogP contribution is -0.481. The van der Waals surface area contributed by atoms with E-state index in [1.165, 1.54) is 0 Å². The molecule has 0 aromatic carbocycles. The van der Waals surface area contributed by atoms with Gasteiger partial charge in [0.25, 0.3) is 0 Å². The fourth-order valence-electron chi connectivity index (χ4n) is 0. The first-order valence-electron chi connectivity index (χ1n) is 0. The molecule has 4 heavy (non-hydrogen) atoms. The maximum atomic E-state index is 0. The highest BCUT2D eigenvalue weighted by Gasteiger charge is 0.187. The predicted octanol–water partition coefficient (Wildman–Crippen LogP) is -1.84. The Balaban J connectivity index is 0. The molecular formula is CH14AlNSi. The molecule has 0 aromatic rings. The van der Waals surface area contributed by atoms with Gasteiger partial charge in [0.15, 0.2) is 17.4 Å². The van der Waals surface area contributed by atoms with Crippen molar-refractivity contribution in [1.29, 1.82) is 0 Å². The molecule has 0 aliphatic heterocycles. The summed E-state index contributed by atoms with van der Waals surface area (Å²) in [7, 11) is 0. The van der Waals surface area contributed by atoms with Crippen LogP contribution in [0.15, 0.2) is 0 Å². The molecule has 0 saturated heterocycles. The zero-order chi connectivity index (χ0) is 0. The van der Waals surface area contributed by atoms with Crippen molar-refractivity contribution in [3.63, 3.8) is 0 Å². The zero-order valence-electron chi connectivity index (χ0n) is 0.707. The second-order valence-electron chi connectivity index (χ2n) is 0. The molecule has 0 rings (SSSR count). The average molecular weight is 95.2 g/mol. The van der Waals surface area contributed by atoms with Crippen LogP contribution < -0.4 is 6.15 Å². The van der Waals surface area contributed by atoms with Gasteiger partial charge in [-0.1, -0.05) is 7.43 Å². The molecule has 30 valence electrons. The van der Waals surface area contributed by atoms with Crippen LogP contribution in [0.3, 0.4) is 0 Å². The summed E-state index contributed by atoms with van der Waals surface area (Å²) < 4.78 is 0. The summed E-state index contributed by atoms with van der Waals surface area (Å²) in [4.78, 5) is 0. The molecule has 0 aliphatic rings. The molecule has 0 spiro atoms. The van der Waals surface area contributed by atoms with E-state index in [2.05, 4.69) is 0 Å². The SMILES string of the molecule is C.N.[AlH3].[SiH4]. The van der Waals surface area contributed by atoms with E-state index >= 15 is 0 Å². The van der Waals surface area contributed by atoms with E-state index in [1.54, 1.807) is 0 Å². The lowest BCUT2D eigenvalue weighted by atomic mass is 12.0. The predicted molar refractivity (Wildman–Crippen MR) is 33.0 cm³/mol. The topological polar surface area (TPSA) is 35.0 Å². The van der Waals surface area contributed by atoms with E-state index in [4.69, 9.17) is 0 Å². The number of hydrogen-bond donors (Lipinski definition) is 1. The third-order valence-electron chi connectivity index (χ3n) is 0. The molecule has 0 radical (unpaired) electrons. The van der Waals surface area contributed by atoms with E-state index in [0.717, 1.165) is 0 Å². The normalized spacial score (nSPS) is 0. The first-order valence-corrected chi connectivity index (χ1v) is 0. The van der Waals surface area contributed by atoms with Gasteiger partial charge in [-0.05, 0) is 11.0 Å². The van der Waals surface area contributed by atoms with Crippen molar-refractivity contribution < 1.29 is 0 Å². The smallest absolute Gasteiger partial charge is 0.187 e. The maximum Gasteiger partial charge on any atom is 0.187 e. The van der Waals surface area contributed by atoms with Crippen LogP contribution >= 0.6 is 0 Å². The molecular weight excluding hydrogens is 81.1 g/mol. The molecule has 0 saturated carbocycles. The van der Waals surface area contributed by atoms with Crippen LogP contribution in [0.5, 0.6) is 0 Å². The fraction of sp³-hybridized carbons (Fsp3) is 1.00. The first-order chi connectivity index (χ1) is 0. The fourth-order valence-corrected chi connectivity index (χ4v) is 0. The van der Waals surface area contributed by atoms with Crippen LogP contribution in [0.1, 0.15) is 7.43 Å². The second kappa shape index (κ2) is 54.1. The molecule has 0 fully saturated rings. The minimum atomic E-state index is 0. The van der Waals surface area contributed by atoms with Crippen molar-refractivity contribution in [1.82, 2.24) is 6.15 Å². The summed E-state index contributed by atoms with van der Waals surface area (Å²) in [6, 6.07) is 0. The Morgan fingerprint density at radius 2 is 1.00 bits per heavy atom. The Labute approximate surface area is 42.5 Å². The van der Waals surface area contributed by atoms with Gasteiger partial charge in [0.1, 0.15) is 0 Å². The van der Waals surface area contributed by atoms with Crippen LogP contribution in [-0.2, 0) is 0 Å². The van der Waals surface area contributed by atoms with E-state index in [9.17, 15) is 0 Å². The quantitative estimate of drug-likeness (QED) is 0.353. The summed E-state index contributed by atoms with van der Waals surface area (Å²) in [5, 5.41) is 0. The Kier molecular flexibility index (Phi) is 1740. The molecule has 0 bridgehead atoms. The van der Waals surface area contributed by atoms with Gasteiger partial charge in [-0.2, -0.15) is 0 Å². The average Bonchev–Trinajstić information content (AvgIpc) is 0. The van der Waals surface area contributed by atoms with Gasteiger partial charge in [0, 0.05) is 0 Å². The third kappa shape index (κ3) is 15.7. The van der Waals surface area contributed by atoms with Gasteiger partial charge < -0.3 is 6.15 Å². The molecule has 0 atom stereocenters. The molecule has 0 aliphatic carbocycles. The highest BCUT2D eigenvalue weighted by Crippen LogP contribution is 0.144. The van der Waals surface area contributed by atoms with E-state index < -0.39 is 0 Å². The Morgan fingerprint density at radius 1 is 1.00 bits per heavy atom. The van der Waals surface area contributed by atoms with Crippen molar-refractivity contribution >= 4 is 28.3 Å². The summed E-state index contributed by atoms with van der Waals surface area (Å²) in [5.74, 6) is 0. The zero-order valence-corrected chi connectivity index (χ0v) is 0.707. The van der Waals surface area contributed by atoms with Crippen LogP contribution in [-0.4, -0.2) is 28.3 Å². The van der Waals surface area contributed by atoms with Crippen molar-refractivity contribution in [2.24, 2.45) is 0 Å². The largest absolute Gasteiger partial charge is 0.344 e. The van der Waals surface area contributed by atoms with Gasteiger partial charge in [-0.25, -0.2) is 0 Å². The standard InChI is InChI=1S/CH4.Al.H3N.H4Si.3H/h1H4;;1H3;1H4;;;. The first kappa shape index (κ1) is 129. The molecule has 3 heteroatoms. The Bertz CT molecular complexity index is 8.00. The van der Waals surface area contributed by atoms with Crippen molar-refractivity contribution in [3.8, 4) is 0 Å². The maximum absolute atomic E-state index is 0. The van der Waals surface area contributed by atoms with Gasteiger partial charge in [0.2, 0.25) is 0 Å². The van der Waals surface area contributed by atoms with E-state index in [0.29, 0.717) is 0 Å². The minimum Gasteiger partial charge on any atom is -0.344 e. The van der Waals surface area contributed by atoms with Crippen LogP contribution in [0, 0.1) is 0 Å². The van der Waals surface area contributed by atoms with Crippen molar-refractivity contribution in [2.45, 2.75) is 7.43 Å². The highest BCUT2D eigenvalue weighted by atomic mass is 28.1. The van der Waals surface area contributed by atoms with Crippen LogP contribution in [0.2, 0.25) is 0 Å². The summed E-state index contributed by atoms with van der Waals surface area (Å²) in [6.45, 7) is 0. The summed E-state index contributed by atoms with van der Waals surface area (Å²) in [5.41, 5.74) is 0. The summed E-state index contributed by atoms with van der Waals surface area (Å²) in [6.07, 6.45) is 0. The van der Waals surface area contributed by atoms with Gasteiger partial charge >= 0.3 is 0 Å². The summed E-state index contributed by atoms with van der Waals surface area (Å²) >= 11 is 0. The second-order valence-corrected chi connectivity index (χ2v) is 0. The number of rotatable bonds is 0. The van der Waals surface area contributed by atoms with Crippen molar-refractivity contribution in [3.05, 3.63) is 0 Å². The van der Waals surface area contributed by atoms with Crippen LogP contribution in [0.4, 0.5) is 0 Å². The molecule has 0 amide bonds. The molecule has 0 unspecified atom stereocenters. The van der Waals surface area contributed by atoms with E-state index in [-0.39, 0.29) is 41.9 Å². The third-order valence-corrected chi connectivity index (χ3v) is 0. The highest BCUT2D eigenvalue weighted by molar-refractivity contribution is 5.76. The van der Waals surface area contributed by atoms with Gasteiger partial charge in [-0.15, -0.1) is 0 Å². The lowest BCUT2D eigenvalue weighted by molar-refractivity contribution is 2.13. The number of hydrogen-bond acceptors (Lipinski definition) is 1. The van der Waals surface area contributed by atoms with Crippen LogP contribution in [0.25, 0.3) is 0 Å². The Morgan fingerprint density at radius 3 is 1.00 bits per heavy atom. The molecule has 0 heterocycles. The Hall–Kier alpha value is 0.709. The molecule has 0 aromatic heterocycles. The van der Waals surface area contributed by atoms with E-state index in [1.807, 2.05) is 0 Å².